The zero-order chi connectivity index (χ0) is 17.8. The summed E-state index contributed by atoms with van der Waals surface area (Å²) in [6.45, 7) is 1.61. The molecule has 25 heavy (non-hydrogen) atoms. The van der Waals surface area contributed by atoms with Crippen molar-refractivity contribution in [1.29, 1.82) is 0 Å². The summed E-state index contributed by atoms with van der Waals surface area (Å²) in [4.78, 5) is 20.4. The van der Waals surface area contributed by atoms with Crippen LogP contribution in [0.25, 0.3) is 10.2 Å². The number of rotatable bonds is 6. The molecular formula is C17H15FN2O4S. The number of benzene rings is 2. The van der Waals surface area contributed by atoms with E-state index in [1.807, 2.05) is 0 Å². The van der Waals surface area contributed by atoms with E-state index < -0.39 is 6.10 Å². The van der Waals surface area contributed by atoms with E-state index in [4.69, 9.17) is 9.47 Å². The van der Waals surface area contributed by atoms with Crippen LogP contribution >= 0.6 is 11.3 Å². The van der Waals surface area contributed by atoms with E-state index in [1.54, 1.807) is 37.3 Å². The molecule has 1 atom stereocenters. The Kier molecular flexibility index (Phi) is 5.11. The Morgan fingerprint density at radius 1 is 1.20 bits per heavy atom. The Balaban J connectivity index is 1.66. The van der Waals surface area contributed by atoms with Gasteiger partial charge in [-0.3, -0.25) is 9.63 Å². The molecule has 8 heteroatoms. The van der Waals surface area contributed by atoms with Crippen LogP contribution < -0.4 is 15.0 Å². The fourth-order valence-electron chi connectivity index (χ4n) is 2.05. The van der Waals surface area contributed by atoms with Gasteiger partial charge >= 0.3 is 0 Å². The van der Waals surface area contributed by atoms with Crippen molar-refractivity contribution in [3.05, 3.63) is 48.3 Å². The third kappa shape index (κ3) is 4.23. The van der Waals surface area contributed by atoms with Crippen molar-refractivity contribution in [3.63, 3.8) is 0 Å². The Bertz CT molecular complexity index is 882. The molecule has 1 unspecified atom stereocenters. The average Bonchev–Trinajstić information content (AvgIpc) is 2.98. The monoisotopic (exact) mass is 362 g/mol. The molecule has 0 aliphatic carbocycles. The lowest BCUT2D eigenvalue weighted by molar-refractivity contribution is -0.137. The van der Waals surface area contributed by atoms with Crippen molar-refractivity contribution in [1.82, 2.24) is 10.5 Å². The Hall–Kier alpha value is -2.71. The van der Waals surface area contributed by atoms with Gasteiger partial charge in [0.15, 0.2) is 6.10 Å². The lowest BCUT2D eigenvalue weighted by atomic mass is 10.3. The maximum atomic E-state index is 13.2. The van der Waals surface area contributed by atoms with E-state index in [1.165, 1.54) is 30.6 Å². The number of aromatic nitrogens is 1. The van der Waals surface area contributed by atoms with Gasteiger partial charge in [0.2, 0.25) is 0 Å². The molecule has 1 heterocycles. The van der Waals surface area contributed by atoms with Crippen LogP contribution in [0.5, 0.6) is 16.7 Å². The van der Waals surface area contributed by atoms with E-state index in [2.05, 4.69) is 15.3 Å². The smallest absolute Gasteiger partial charge is 0.284 e. The molecule has 1 amide bonds. The zero-order valence-corrected chi connectivity index (χ0v) is 14.3. The first-order valence-electron chi connectivity index (χ1n) is 7.38. The summed E-state index contributed by atoms with van der Waals surface area (Å²) in [6, 6.07) is 11.1. The quantitative estimate of drug-likeness (QED) is 0.678. The molecule has 0 spiro atoms. The van der Waals surface area contributed by atoms with Crippen molar-refractivity contribution in [2.45, 2.75) is 13.0 Å². The molecule has 1 aromatic heterocycles. The first-order chi connectivity index (χ1) is 12.0. The van der Waals surface area contributed by atoms with E-state index in [0.717, 1.165) is 0 Å². The summed E-state index contributed by atoms with van der Waals surface area (Å²) in [6.07, 6.45) is -0.703. The number of hydroxylamine groups is 1. The summed E-state index contributed by atoms with van der Waals surface area (Å²) in [5.41, 5.74) is 2.88. The first kappa shape index (κ1) is 17.1. The summed E-state index contributed by atoms with van der Waals surface area (Å²) in [7, 11) is 1.35. The van der Waals surface area contributed by atoms with Crippen LogP contribution in [0.4, 0.5) is 4.39 Å². The van der Waals surface area contributed by atoms with Gasteiger partial charge in [0, 0.05) is 0 Å². The van der Waals surface area contributed by atoms with Crippen molar-refractivity contribution in [3.8, 4) is 16.7 Å². The third-order valence-corrected chi connectivity index (χ3v) is 4.14. The van der Waals surface area contributed by atoms with Crippen LogP contribution in [0.3, 0.4) is 0 Å². The van der Waals surface area contributed by atoms with Crippen LogP contribution in [-0.4, -0.2) is 24.1 Å². The highest BCUT2D eigenvalue weighted by atomic mass is 32.1. The molecule has 0 saturated heterocycles. The van der Waals surface area contributed by atoms with Gasteiger partial charge in [-0.25, -0.2) is 14.9 Å². The topological polar surface area (TPSA) is 69.7 Å². The van der Waals surface area contributed by atoms with Crippen molar-refractivity contribution >= 4 is 27.5 Å². The Labute approximate surface area is 147 Å². The van der Waals surface area contributed by atoms with Gasteiger partial charge in [-0.2, -0.15) is 0 Å². The molecule has 3 aromatic rings. The predicted molar refractivity (Wildman–Crippen MR) is 91.3 cm³/mol. The lowest BCUT2D eigenvalue weighted by Crippen LogP contribution is -2.35. The van der Waals surface area contributed by atoms with Gasteiger partial charge in [-0.1, -0.05) is 11.3 Å². The number of amides is 1. The number of fused-ring (bicyclic) bond motifs is 1. The van der Waals surface area contributed by atoms with Crippen molar-refractivity contribution in [2.75, 3.05) is 7.11 Å². The van der Waals surface area contributed by atoms with Gasteiger partial charge in [-0.05, 0) is 49.4 Å². The molecule has 0 aliphatic rings. The van der Waals surface area contributed by atoms with Gasteiger partial charge in [0.25, 0.3) is 11.1 Å². The maximum Gasteiger partial charge on any atom is 0.284 e. The number of nitrogens with one attached hydrogen (secondary N) is 1. The largest absolute Gasteiger partial charge is 0.481 e. The van der Waals surface area contributed by atoms with Crippen LogP contribution in [0.2, 0.25) is 0 Å². The second-order valence-corrected chi connectivity index (χ2v) is 6.09. The number of thiazole rings is 1. The second kappa shape index (κ2) is 7.45. The Morgan fingerprint density at radius 2 is 1.92 bits per heavy atom. The molecule has 130 valence electrons. The summed E-state index contributed by atoms with van der Waals surface area (Å²) in [5.74, 6) is 0.374. The normalized spacial score (nSPS) is 12.0. The number of hydrogen-bond donors (Lipinski definition) is 1. The summed E-state index contributed by atoms with van der Waals surface area (Å²) < 4.78 is 25.1. The standard InChI is InChI=1S/C17H15FN2O4S/c1-10(16(21)20-22-2)23-12-4-6-13(7-5-12)24-17-19-14-8-3-11(18)9-15(14)25-17/h3-10H,1-2H3,(H,20,21). The number of carbonyl (C=O) groups excluding carboxylic acids is 1. The van der Waals surface area contributed by atoms with Crippen molar-refractivity contribution in [2.24, 2.45) is 0 Å². The second-order valence-electron chi connectivity index (χ2n) is 5.10. The highest BCUT2D eigenvalue weighted by molar-refractivity contribution is 7.20. The number of ether oxygens (including phenoxy) is 2. The Morgan fingerprint density at radius 3 is 2.64 bits per heavy atom. The molecular weight excluding hydrogens is 347 g/mol. The molecule has 6 nitrogen and oxygen atoms in total. The maximum absolute atomic E-state index is 13.2. The lowest BCUT2D eigenvalue weighted by Gasteiger charge is -2.13. The minimum atomic E-state index is -0.703. The van der Waals surface area contributed by atoms with E-state index in [9.17, 15) is 9.18 Å². The van der Waals surface area contributed by atoms with Crippen LogP contribution in [-0.2, 0) is 9.63 Å². The van der Waals surface area contributed by atoms with Gasteiger partial charge < -0.3 is 9.47 Å². The highest BCUT2D eigenvalue weighted by Gasteiger charge is 2.14. The molecule has 3 rings (SSSR count). The highest BCUT2D eigenvalue weighted by Crippen LogP contribution is 2.32. The van der Waals surface area contributed by atoms with Crippen LogP contribution in [0.15, 0.2) is 42.5 Å². The minimum Gasteiger partial charge on any atom is -0.481 e. The van der Waals surface area contributed by atoms with Gasteiger partial charge in [0.1, 0.15) is 17.3 Å². The molecule has 0 fully saturated rings. The SMILES string of the molecule is CONC(=O)C(C)Oc1ccc(Oc2nc3ccc(F)cc3s2)cc1. The van der Waals surface area contributed by atoms with Gasteiger partial charge in [-0.15, -0.1) is 0 Å². The number of nitrogens with zero attached hydrogens (tertiary/aromatic N) is 1. The van der Waals surface area contributed by atoms with Crippen molar-refractivity contribution < 1.29 is 23.5 Å². The number of carbonyl (C=O) groups is 1. The first-order valence-corrected chi connectivity index (χ1v) is 8.20. The molecule has 0 saturated carbocycles. The van der Waals surface area contributed by atoms with E-state index in [-0.39, 0.29) is 11.7 Å². The molecule has 0 radical (unpaired) electrons. The zero-order valence-electron chi connectivity index (χ0n) is 13.5. The minimum absolute atomic E-state index is 0.309. The summed E-state index contributed by atoms with van der Waals surface area (Å²) >= 11 is 1.26. The molecule has 1 N–H and O–H groups in total. The molecule has 0 aliphatic heterocycles. The van der Waals surface area contributed by atoms with Crippen LogP contribution in [0, 0.1) is 5.82 Å². The number of halogens is 1. The van der Waals surface area contributed by atoms with E-state index >= 15 is 0 Å². The average molecular weight is 362 g/mol. The van der Waals surface area contributed by atoms with Gasteiger partial charge in [0.05, 0.1) is 17.3 Å². The fraction of sp³-hybridized carbons (Fsp3) is 0.176. The third-order valence-electron chi connectivity index (χ3n) is 3.24. The summed E-state index contributed by atoms with van der Waals surface area (Å²) in [5, 5.41) is 0.419. The van der Waals surface area contributed by atoms with Crippen LogP contribution in [0.1, 0.15) is 6.92 Å². The molecule has 0 bridgehead atoms. The molecule has 2 aromatic carbocycles. The van der Waals surface area contributed by atoms with E-state index in [0.29, 0.717) is 26.9 Å². The predicted octanol–water partition coefficient (Wildman–Crippen LogP) is 3.67. The fourth-order valence-corrected chi connectivity index (χ4v) is 2.91. The number of hydrogen-bond acceptors (Lipinski definition) is 6.